The maximum Gasteiger partial charge on any atom is 0.300 e. The van der Waals surface area contributed by atoms with E-state index in [1.54, 1.807) is 31.2 Å². The number of aromatic hydroxyl groups is 2. The topological polar surface area (TPSA) is 159 Å². The molecule has 0 radical (unpaired) electrons. The zero-order chi connectivity index (χ0) is 23.1. The van der Waals surface area contributed by atoms with Gasteiger partial charge >= 0.3 is 0 Å². The molecule has 0 saturated carbocycles. The predicted molar refractivity (Wildman–Crippen MR) is 113 cm³/mol. The van der Waals surface area contributed by atoms with Gasteiger partial charge in [-0.3, -0.25) is 18.7 Å². The van der Waals surface area contributed by atoms with Crippen LogP contribution in [-0.2, 0) is 21.5 Å². The van der Waals surface area contributed by atoms with Crippen molar-refractivity contribution >= 4 is 26.9 Å². The lowest BCUT2D eigenvalue weighted by atomic mass is 10.0. The van der Waals surface area contributed by atoms with Crippen LogP contribution < -0.4 is 10.9 Å². The van der Waals surface area contributed by atoms with Gasteiger partial charge < -0.3 is 15.5 Å². The summed E-state index contributed by atoms with van der Waals surface area (Å²) in [5.74, 6) is -1.17. The minimum Gasteiger partial charge on any atom is -0.507 e. The summed E-state index contributed by atoms with van der Waals surface area (Å²) in [7, 11) is -4.97. The summed E-state index contributed by atoms with van der Waals surface area (Å²) in [6, 6.07) is 7.21. The molecule has 0 aliphatic carbocycles. The lowest BCUT2D eigenvalue weighted by Gasteiger charge is -2.20. The number of nitrogens with zero attached hydrogens (tertiary/aromatic N) is 2. The summed E-state index contributed by atoms with van der Waals surface area (Å²) < 4.78 is 34.4. The number of rotatable bonds is 5. The van der Waals surface area contributed by atoms with Crippen molar-refractivity contribution in [3.8, 4) is 22.9 Å². The summed E-state index contributed by atoms with van der Waals surface area (Å²) >= 11 is 0. The van der Waals surface area contributed by atoms with E-state index in [9.17, 15) is 32.8 Å². The molecule has 31 heavy (non-hydrogen) atoms. The zero-order valence-corrected chi connectivity index (χ0v) is 17.8. The fourth-order valence-corrected chi connectivity index (χ4v) is 4.35. The molecule has 1 atom stereocenters. The number of benzene rings is 1. The molecular weight excluding hydrogens is 426 g/mol. The van der Waals surface area contributed by atoms with E-state index in [1.165, 1.54) is 19.9 Å². The van der Waals surface area contributed by atoms with E-state index in [4.69, 9.17) is 0 Å². The van der Waals surface area contributed by atoms with Crippen molar-refractivity contribution in [3.05, 3.63) is 46.2 Å². The second-order valence-electron chi connectivity index (χ2n) is 7.19. The van der Waals surface area contributed by atoms with Crippen LogP contribution in [0.3, 0.4) is 0 Å². The van der Waals surface area contributed by atoms with Crippen LogP contribution in [0, 0.1) is 6.92 Å². The third-order valence-corrected chi connectivity index (χ3v) is 5.75. The molecule has 2 aromatic heterocycles. The van der Waals surface area contributed by atoms with Crippen LogP contribution in [0.1, 0.15) is 19.4 Å². The van der Waals surface area contributed by atoms with Gasteiger partial charge in [-0.05, 0) is 31.5 Å². The lowest BCUT2D eigenvalue weighted by molar-refractivity contribution is -0.119. The summed E-state index contributed by atoms with van der Waals surface area (Å²) in [5.41, 5.74) is -1.16. The van der Waals surface area contributed by atoms with Crippen LogP contribution in [0.2, 0.25) is 0 Å². The number of hydrogen-bond donors (Lipinski definition) is 4. The molecule has 1 aromatic carbocycles. The van der Waals surface area contributed by atoms with Gasteiger partial charge in [-0.2, -0.15) is 8.42 Å². The van der Waals surface area contributed by atoms with E-state index in [0.29, 0.717) is 10.9 Å². The molecule has 3 rings (SSSR count). The van der Waals surface area contributed by atoms with Crippen molar-refractivity contribution in [1.82, 2.24) is 14.9 Å². The predicted octanol–water partition coefficient (Wildman–Crippen LogP) is 1.55. The average molecular weight is 447 g/mol. The summed E-state index contributed by atoms with van der Waals surface area (Å²) in [4.78, 5) is 27.6. The van der Waals surface area contributed by atoms with Gasteiger partial charge in [0, 0.05) is 31.0 Å². The Morgan fingerprint density at radius 1 is 1.26 bits per heavy atom. The van der Waals surface area contributed by atoms with Crippen LogP contribution in [-0.4, -0.2) is 44.7 Å². The minimum atomic E-state index is -4.97. The molecule has 2 heterocycles. The van der Waals surface area contributed by atoms with E-state index in [-0.39, 0.29) is 35.0 Å². The van der Waals surface area contributed by atoms with Crippen molar-refractivity contribution in [2.75, 3.05) is 0 Å². The zero-order valence-electron chi connectivity index (χ0n) is 16.9. The van der Waals surface area contributed by atoms with Gasteiger partial charge in [0.2, 0.25) is 11.8 Å². The highest BCUT2D eigenvalue weighted by atomic mass is 32.2. The van der Waals surface area contributed by atoms with Crippen LogP contribution in [0.15, 0.2) is 40.0 Å². The van der Waals surface area contributed by atoms with Gasteiger partial charge in [-0.25, -0.2) is 4.98 Å². The number of nitrogens with one attached hydrogen (secondary N) is 1. The second-order valence-corrected chi connectivity index (χ2v) is 8.55. The second kappa shape index (κ2) is 8.00. The standard InChI is InChI=1S/C20H21N3O7S/c1-10(21-12(3)24)9-23-19(26)17(11(2)18(20(23)27)31(28,29)30)15-8-16(25)13-6-4-5-7-14(13)22-15/h4-8,10,26H,9H2,1-3H3,(H,21,24)(H,22,25)(H,28,29,30). The Kier molecular flexibility index (Phi) is 5.74. The van der Waals surface area contributed by atoms with Crippen molar-refractivity contribution in [3.63, 3.8) is 0 Å². The third kappa shape index (κ3) is 4.23. The first-order valence-corrected chi connectivity index (χ1v) is 10.7. The molecule has 0 aliphatic heterocycles. The van der Waals surface area contributed by atoms with Crippen molar-refractivity contribution in [2.45, 2.75) is 38.3 Å². The monoisotopic (exact) mass is 447 g/mol. The van der Waals surface area contributed by atoms with Gasteiger partial charge in [0.1, 0.15) is 5.75 Å². The first-order chi connectivity index (χ1) is 14.4. The van der Waals surface area contributed by atoms with E-state index >= 15 is 0 Å². The summed E-state index contributed by atoms with van der Waals surface area (Å²) in [6.45, 7) is 3.79. The molecule has 0 saturated heterocycles. The van der Waals surface area contributed by atoms with Crippen LogP contribution >= 0.6 is 0 Å². The van der Waals surface area contributed by atoms with Crippen molar-refractivity contribution in [2.24, 2.45) is 0 Å². The highest BCUT2D eigenvalue weighted by molar-refractivity contribution is 7.85. The number of aromatic nitrogens is 2. The Labute approximate surface area is 177 Å². The summed E-state index contributed by atoms with van der Waals surface area (Å²) in [6.07, 6.45) is 0. The lowest BCUT2D eigenvalue weighted by Crippen LogP contribution is -2.38. The van der Waals surface area contributed by atoms with Crippen LogP contribution in [0.25, 0.3) is 22.2 Å². The van der Waals surface area contributed by atoms with E-state index in [2.05, 4.69) is 10.3 Å². The van der Waals surface area contributed by atoms with Gasteiger partial charge in [-0.1, -0.05) is 12.1 Å². The molecule has 11 heteroatoms. The number of para-hydroxylation sites is 1. The molecule has 164 valence electrons. The van der Waals surface area contributed by atoms with Crippen molar-refractivity contribution < 1.29 is 28.0 Å². The SMILES string of the molecule is CC(=O)NC(C)Cn1c(O)c(-c2cc(O)c3ccccc3n2)c(C)c(S(=O)(=O)O)c1=O. The van der Waals surface area contributed by atoms with Gasteiger partial charge in [0.15, 0.2) is 4.90 Å². The first kappa shape index (κ1) is 22.2. The highest BCUT2D eigenvalue weighted by Gasteiger charge is 2.29. The summed E-state index contributed by atoms with van der Waals surface area (Å²) in [5, 5.41) is 24.2. The number of carbonyl (C=O) groups is 1. The Hall–Kier alpha value is -3.44. The number of pyridine rings is 2. The first-order valence-electron chi connectivity index (χ1n) is 9.22. The number of carbonyl (C=O) groups excluding carboxylic acids is 1. The van der Waals surface area contributed by atoms with Gasteiger partial charge in [0.25, 0.3) is 15.7 Å². The smallest absolute Gasteiger partial charge is 0.300 e. The normalized spacial score (nSPS) is 12.6. The fourth-order valence-electron chi connectivity index (χ4n) is 3.53. The molecule has 0 spiro atoms. The largest absolute Gasteiger partial charge is 0.507 e. The molecule has 0 aliphatic rings. The molecule has 1 amide bonds. The fraction of sp³-hybridized carbons (Fsp3) is 0.250. The number of fused-ring (bicyclic) bond motifs is 1. The highest BCUT2D eigenvalue weighted by Crippen LogP contribution is 2.36. The Morgan fingerprint density at radius 2 is 1.90 bits per heavy atom. The quantitative estimate of drug-likeness (QED) is 0.429. The number of amides is 1. The Bertz CT molecular complexity index is 1360. The maximum atomic E-state index is 12.8. The Balaban J connectivity index is 2.36. The molecule has 0 fully saturated rings. The van der Waals surface area contributed by atoms with E-state index < -0.39 is 32.5 Å². The van der Waals surface area contributed by atoms with Crippen molar-refractivity contribution in [1.29, 1.82) is 0 Å². The Morgan fingerprint density at radius 3 is 2.52 bits per heavy atom. The van der Waals surface area contributed by atoms with Crippen LogP contribution in [0.5, 0.6) is 11.6 Å². The molecule has 4 N–H and O–H groups in total. The third-order valence-electron chi connectivity index (χ3n) is 4.75. The van der Waals surface area contributed by atoms with Gasteiger partial charge in [-0.15, -0.1) is 0 Å². The molecule has 3 aromatic rings. The van der Waals surface area contributed by atoms with Crippen LogP contribution in [0.4, 0.5) is 0 Å². The molecule has 1 unspecified atom stereocenters. The molecule has 0 bridgehead atoms. The molecule has 10 nitrogen and oxygen atoms in total. The van der Waals surface area contributed by atoms with Gasteiger partial charge in [0.05, 0.1) is 16.8 Å². The number of hydrogen-bond acceptors (Lipinski definition) is 7. The minimum absolute atomic E-state index is 0.00275. The maximum absolute atomic E-state index is 12.8. The van der Waals surface area contributed by atoms with E-state index in [1.807, 2.05) is 0 Å². The van der Waals surface area contributed by atoms with E-state index in [0.717, 1.165) is 4.57 Å². The molecular formula is C20H21N3O7S. The average Bonchev–Trinajstić information content (AvgIpc) is 2.63.